The first kappa shape index (κ1) is 14.9. The maximum absolute atomic E-state index is 10.0. The molecule has 0 spiro atoms. The quantitative estimate of drug-likeness (QED) is 0.590. The van der Waals surface area contributed by atoms with Gasteiger partial charge in [0.15, 0.2) is 0 Å². The van der Waals surface area contributed by atoms with E-state index in [1.165, 1.54) is 6.42 Å². The van der Waals surface area contributed by atoms with E-state index in [9.17, 15) is 4.79 Å². The Morgan fingerprint density at radius 1 is 1.23 bits per heavy atom. The molecule has 0 bridgehead atoms. The van der Waals surface area contributed by atoms with Crippen LogP contribution in [0.15, 0.2) is 0 Å². The maximum Gasteiger partial charge on any atom is 0.209 e. The van der Waals surface area contributed by atoms with Crippen molar-refractivity contribution in [2.45, 2.75) is 34.1 Å². The number of ether oxygens (including phenoxy) is 1. The zero-order valence-electron chi connectivity index (χ0n) is 9.38. The van der Waals surface area contributed by atoms with Crippen molar-refractivity contribution in [2.24, 2.45) is 0 Å². The van der Waals surface area contributed by atoms with Gasteiger partial charge in [-0.15, -0.1) is 0 Å². The Balaban J connectivity index is 0. The fraction of sp³-hybridized carbons (Fsp3) is 0.900. The molecule has 1 heterocycles. The van der Waals surface area contributed by atoms with Gasteiger partial charge in [-0.05, 0) is 0 Å². The summed E-state index contributed by atoms with van der Waals surface area (Å²) in [6, 6.07) is 0. The predicted molar refractivity (Wildman–Crippen MR) is 55.8 cm³/mol. The van der Waals surface area contributed by atoms with Crippen molar-refractivity contribution in [3.63, 3.8) is 0 Å². The summed E-state index contributed by atoms with van der Waals surface area (Å²) < 4.78 is 5.00. The van der Waals surface area contributed by atoms with E-state index in [1.54, 1.807) is 4.90 Å². The van der Waals surface area contributed by atoms with Crippen LogP contribution in [0.2, 0.25) is 0 Å². The highest BCUT2D eigenvalue weighted by Crippen LogP contribution is 1.90. The number of amides is 1. The molecule has 0 saturated carbocycles. The van der Waals surface area contributed by atoms with Crippen molar-refractivity contribution in [1.29, 1.82) is 0 Å². The molecule has 0 atom stereocenters. The van der Waals surface area contributed by atoms with Crippen LogP contribution < -0.4 is 0 Å². The number of hydrogen-bond acceptors (Lipinski definition) is 2. The van der Waals surface area contributed by atoms with Crippen molar-refractivity contribution in [1.82, 2.24) is 4.90 Å². The largest absolute Gasteiger partial charge is 0.378 e. The van der Waals surface area contributed by atoms with Gasteiger partial charge < -0.3 is 9.64 Å². The Bertz CT molecular complexity index is 90.9. The number of carbonyl (C=O) groups excluding carboxylic acids is 1. The van der Waals surface area contributed by atoms with Crippen LogP contribution in [0.5, 0.6) is 0 Å². The van der Waals surface area contributed by atoms with Crippen molar-refractivity contribution in [3.05, 3.63) is 0 Å². The lowest BCUT2D eigenvalue weighted by molar-refractivity contribution is -0.121. The Labute approximate surface area is 82.1 Å². The first-order valence-corrected chi connectivity index (χ1v) is 5.12. The highest BCUT2D eigenvalue weighted by Gasteiger charge is 2.05. The van der Waals surface area contributed by atoms with Gasteiger partial charge in [0.2, 0.25) is 6.41 Å². The van der Waals surface area contributed by atoms with Gasteiger partial charge in [0, 0.05) is 13.1 Å². The monoisotopic (exact) mass is 189 g/mol. The second-order valence-corrected chi connectivity index (χ2v) is 2.46. The molecule has 1 aliphatic rings. The molecule has 80 valence electrons. The lowest BCUT2D eigenvalue weighted by Gasteiger charge is -2.21. The van der Waals surface area contributed by atoms with E-state index in [0.29, 0.717) is 13.2 Å². The second kappa shape index (κ2) is 14.0. The van der Waals surface area contributed by atoms with E-state index >= 15 is 0 Å². The minimum absolute atomic E-state index is 0.693. The van der Waals surface area contributed by atoms with Gasteiger partial charge in [-0.1, -0.05) is 34.1 Å². The zero-order valence-corrected chi connectivity index (χ0v) is 9.38. The summed E-state index contributed by atoms with van der Waals surface area (Å²) >= 11 is 0. The Hall–Kier alpha value is -0.570. The highest BCUT2D eigenvalue weighted by atomic mass is 16.5. The van der Waals surface area contributed by atoms with Gasteiger partial charge in [0.25, 0.3) is 0 Å². The number of morpholine rings is 1. The molecule has 13 heavy (non-hydrogen) atoms. The van der Waals surface area contributed by atoms with Crippen LogP contribution >= 0.6 is 0 Å². The summed E-state index contributed by atoms with van der Waals surface area (Å²) in [4.78, 5) is 11.7. The van der Waals surface area contributed by atoms with Gasteiger partial charge in [0.05, 0.1) is 13.2 Å². The Morgan fingerprint density at radius 3 is 1.85 bits per heavy atom. The summed E-state index contributed by atoms with van der Waals surface area (Å²) in [7, 11) is 0. The predicted octanol–water partition coefficient (Wildman–Crippen LogP) is 1.92. The second-order valence-electron chi connectivity index (χ2n) is 2.46. The van der Waals surface area contributed by atoms with Gasteiger partial charge in [-0.25, -0.2) is 0 Å². The third-order valence-corrected chi connectivity index (χ3v) is 1.19. The molecule has 0 radical (unpaired) electrons. The molecule has 1 amide bonds. The van der Waals surface area contributed by atoms with E-state index in [1.807, 2.05) is 13.8 Å². The minimum Gasteiger partial charge on any atom is -0.378 e. The Morgan fingerprint density at radius 2 is 1.62 bits per heavy atom. The van der Waals surface area contributed by atoms with Gasteiger partial charge >= 0.3 is 0 Å². The lowest BCUT2D eigenvalue weighted by Crippen LogP contribution is -2.34. The van der Waals surface area contributed by atoms with Crippen LogP contribution in [0.4, 0.5) is 0 Å². The normalized spacial score (nSPS) is 14.6. The van der Waals surface area contributed by atoms with Crippen LogP contribution in [0.3, 0.4) is 0 Å². The molecule has 3 nitrogen and oxygen atoms in total. The van der Waals surface area contributed by atoms with Crippen LogP contribution in [-0.2, 0) is 9.53 Å². The van der Waals surface area contributed by atoms with E-state index in [2.05, 4.69) is 13.8 Å². The molecule has 1 aliphatic heterocycles. The first-order valence-electron chi connectivity index (χ1n) is 5.12. The summed E-state index contributed by atoms with van der Waals surface area (Å²) in [6.45, 7) is 11.1. The zero-order chi connectivity index (χ0) is 10.5. The average Bonchev–Trinajstić information content (AvgIpc) is 2.23. The number of rotatable bonds is 1. The SMILES string of the molecule is CC.CCC.O=CN1CCOCC1. The van der Waals surface area contributed by atoms with Crippen LogP contribution in [0, 0.1) is 0 Å². The van der Waals surface area contributed by atoms with Crippen LogP contribution in [0.1, 0.15) is 34.1 Å². The molecule has 0 unspecified atom stereocenters. The topological polar surface area (TPSA) is 29.5 Å². The van der Waals surface area contributed by atoms with Gasteiger partial charge in [-0.3, -0.25) is 4.79 Å². The minimum atomic E-state index is 0.693. The maximum atomic E-state index is 10.0. The molecular formula is C10H23NO2. The summed E-state index contributed by atoms with van der Waals surface area (Å²) in [6.07, 6.45) is 2.11. The molecule has 0 aromatic carbocycles. The smallest absolute Gasteiger partial charge is 0.209 e. The lowest BCUT2D eigenvalue weighted by atomic mass is 10.5. The fourth-order valence-corrected chi connectivity index (χ4v) is 0.683. The molecule has 0 N–H and O–H groups in total. The molecule has 1 rings (SSSR count). The average molecular weight is 189 g/mol. The van der Waals surface area contributed by atoms with Crippen molar-refractivity contribution in [3.8, 4) is 0 Å². The number of carbonyl (C=O) groups is 1. The molecule has 0 aromatic heterocycles. The Kier molecular flexibility index (Phi) is 16.1. The third-order valence-electron chi connectivity index (χ3n) is 1.19. The molecular weight excluding hydrogens is 166 g/mol. The molecule has 0 aliphatic carbocycles. The van der Waals surface area contributed by atoms with Crippen LogP contribution in [0.25, 0.3) is 0 Å². The third kappa shape index (κ3) is 11.4. The fourth-order valence-electron chi connectivity index (χ4n) is 0.683. The summed E-state index contributed by atoms with van der Waals surface area (Å²) in [5.41, 5.74) is 0. The molecule has 1 fully saturated rings. The van der Waals surface area contributed by atoms with Gasteiger partial charge in [0.1, 0.15) is 0 Å². The van der Waals surface area contributed by atoms with E-state index in [0.717, 1.165) is 19.5 Å². The highest BCUT2D eigenvalue weighted by molar-refractivity contribution is 5.46. The molecule has 3 heteroatoms. The van der Waals surface area contributed by atoms with Crippen LogP contribution in [-0.4, -0.2) is 37.6 Å². The van der Waals surface area contributed by atoms with E-state index in [-0.39, 0.29) is 0 Å². The van der Waals surface area contributed by atoms with Crippen molar-refractivity contribution < 1.29 is 9.53 Å². The van der Waals surface area contributed by atoms with Crippen molar-refractivity contribution >= 4 is 6.41 Å². The molecule has 1 saturated heterocycles. The van der Waals surface area contributed by atoms with E-state index < -0.39 is 0 Å². The number of hydrogen-bond donors (Lipinski definition) is 0. The summed E-state index contributed by atoms with van der Waals surface area (Å²) in [5.74, 6) is 0. The molecule has 0 aromatic rings. The standard InChI is InChI=1S/C5H9NO2.C3H8.C2H6/c7-5-6-1-3-8-4-2-6;1-3-2;1-2/h5H,1-4H2;3H2,1-2H3;1-2H3. The first-order chi connectivity index (χ1) is 6.35. The van der Waals surface area contributed by atoms with Crippen molar-refractivity contribution in [2.75, 3.05) is 26.3 Å². The van der Waals surface area contributed by atoms with E-state index in [4.69, 9.17) is 4.74 Å². The summed E-state index contributed by atoms with van der Waals surface area (Å²) in [5, 5.41) is 0. The number of nitrogens with zero attached hydrogens (tertiary/aromatic N) is 1. The van der Waals surface area contributed by atoms with Gasteiger partial charge in [-0.2, -0.15) is 0 Å².